The van der Waals surface area contributed by atoms with Crippen LogP contribution < -0.4 is 5.32 Å². The summed E-state index contributed by atoms with van der Waals surface area (Å²) in [6.45, 7) is 3.49. The van der Waals surface area contributed by atoms with E-state index < -0.39 is 4.92 Å². The van der Waals surface area contributed by atoms with E-state index in [1.165, 1.54) is 18.2 Å². The highest BCUT2D eigenvalue weighted by atomic mass is 35.5. The van der Waals surface area contributed by atoms with Gasteiger partial charge in [-0.1, -0.05) is 18.5 Å². The summed E-state index contributed by atoms with van der Waals surface area (Å²) in [6.07, 6.45) is 1.90. The minimum absolute atomic E-state index is 0.131. The fraction of sp³-hybridized carbons (Fsp3) is 0.462. The molecule has 2 amide bonds. The molecule has 108 valence electrons. The first-order valence-electron chi connectivity index (χ1n) is 6.47. The monoisotopic (exact) mass is 297 g/mol. The van der Waals surface area contributed by atoms with Crippen LogP contribution in [0, 0.1) is 16.0 Å². The lowest BCUT2D eigenvalue weighted by Crippen LogP contribution is -2.40. The van der Waals surface area contributed by atoms with Crippen molar-refractivity contribution in [3.8, 4) is 0 Å². The molecule has 0 aromatic heterocycles. The average molecular weight is 298 g/mol. The van der Waals surface area contributed by atoms with Crippen LogP contribution in [0.25, 0.3) is 0 Å². The third kappa shape index (κ3) is 3.39. The van der Waals surface area contributed by atoms with Crippen molar-refractivity contribution < 1.29 is 9.72 Å². The molecule has 0 saturated carbocycles. The Morgan fingerprint density at radius 3 is 2.70 bits per heavy atom. The molecule has 0 unspecified atom stereocenters. The number of nitrogens with one attached hydrogen (secondary N) is 1. The number of hydrogen-bond acceptors (Lipinski definition) is 3. The number of amides is 2. The topological polar surface area (TPSA) is 75.5 Å². The van der Waals surface area contributed by atoms with Gasteiger partial charge < -0.3 is 10.2 Å². The summed E-state index contributed by atoms with van der Waals surface area (Å²) in [7, 11) is 0. The lowest BCUT2D eigenvalue weighted by Gasteiger charge is -2.30. The molecule has 0 radical (unpaired) electrons. The second-order valence-corrected chi connectivity index (χ2v) is 5.45. The van der Waals surface area contributed by atoms with Crippen LogP contribution in [0.3, 0.4) is 0 Å². The lowest BCUT2D eigenvalue weighted by molar-refractivity contribution is -0.383. The van der Waals surface area contributed by atoms with Gasteiger partial charge in [-0.3, -0.25) is 10.1 Å². The largest absolute Gasteiger partial charge is 0.325 e. The van der Waals surface area contributed by atoms with Gasteiger partial charge >= 0.3 is 6.03 Å². The fourth-order valence-corrected chi connectivity index (χ4v) is 2.35. The van der Waals surface area contributed by atoms with Crippen molar-refractivity contribution in [1.29, 1.82) is 0 Å². The molecule has 1 fully saturated rings. The molecule has 1 aromatic carbocycles. The predicted molar refractivity (Wildman–Crippen MR) is 77.1 cm³/mol. The average Bonchev–Trinajstić information content (AvgIpc) is 2.39. The van der Waals surface area contributed by atoms with E-state index in [-0.39, 0.29) is 17.4 Å². The Balaban J connectivity index is 2.11. The second-order valence-electron chi connectivity index (χ2n) is 5.02. The maximum absolute atomic E-state index is 12.1. The van der Waals surface area contributed by atoms with Crippen LogP contribution >= 0.6 is 11.6 Å². The van der Waals surface area contributed by atoms with Gasteiger partial charge in [-0.05, 0) is 30.9 Å². The van der Waals surface area contributed by atoms with Crippen molar-refractivity contribution in [3.05, 3.63) is 33.3 Å². The number of carbonyl (C=O) groups excluding carboxylic acids is 1. The van der Waals surface area contributed by atoms with Crippen LogP contribution in [-0.4, -0.2) is 28.9 Å². The van der Waals surface area contributed by atoms with Crippen molar-refractivity contribution in [3.63, 3.8) is 0 Å². The van der Waals surface area contributed by atoms with Gasteiger partial charge in [0.25, 0.3) is 5.69 Å². The van der Waals surface area contributed by atoms with E-state index in [0.29, 0.717) is 24.0 Å². The Labute approximate surface area is 121 Å². The van der Waals surface area contributed by atoms with Crippen LogP contribution in [0.15, 0.2) is 18.2 Å². The molecule has 0 aliphatic carbocycles. The van der Waals surface area contributed by atoms with Crippen LogP contribution in [0.5, 0.6) is 0 Å². The Hall–Kier alpha value is -1.82. The van der Waals surface area contributed by atoms with Crippen LogP contribution in [0.2, 0.25) is 5.02 Å². The van der Waals surface area contributed by atoms with Gasteiger partial charge in [0.15, 0.2) is 0 Å². The summed E-state index contributed by atoms with van der Waals surface area (Å²) < 4.78 is 0. The molecule has 1 saturated heterocycles. The summed E-state index contributed by atoms with van der Waals surface area (Å²) >= 11 is 5.82. The molecule has 1 aromatic rings. The number of rotatable bonds is 2. The Morgan fingerprint density at radius 2 is 2.10 bits per heavy atom. The van der Waals surface area contributed by atoms with Crippen LogP contribution in [0.4, 0.5) is 16.2 Å². The van der Waals surface area contributed by atoms with E-state index in [4.69, 9.17) is 11.6 Å². The number of anilines is 1. The summed E-state index contributed by atoms with van der Waals surface area (Å²) in [5.74, 6) is 0.611. The number of nitro groups is 1. The first-order chi connectivity index (χ1) is 9.47. The number of halogens is 1. The summed E-state index contributed by atoms with van der Waals surface area (Å²) in [6, 6.07) is 3.79. The van der Waals surface area contributed by atoms with E-state index in [1.54, 1.807) is 4.90 Å². The smallest absolute Gasteiger partial charge is 0.322 e. The van der Waals surface area contributed by atoms with E-state index in [0.717, 1.165) is 12.8 Å². The molecule has 0 bridgehead atoms. The van der Waals surface area contributed by atoms with Crippen LogP contribution in [0.1, 0.15) is 19.8 Å². The molecule has 1 heterocycles. The minimum Gasteiger partial charge on any atom is -0.325 e. The Kier molecular flexibility index (Phi) is 4.44. The predicted octanol–water partition coefficient (Wildman–Crippen LogP) is 3.51. The highest BCUT2D eigenvalue weighted by Crippen LogP contribution is 2.28. The summed E-state index contributed by atoms with van der Waals surface area (Å²) in [4.78, 5) is 24.2. The van der Waals surface area contributed by atoms with Crippen LogP contribution in [-0.2, 0) is 0 Å². The first-order valence-corrected chi connectivity index (χ1v) is 6.85. The highest BCUT2D eigenvalue weighted by Gasteiger charge is 2.23. The number of benzene rings is 1. The molecule has 7 heteroatoms. The SMILES string of the molecule is CC1CCN(C(=O)Nc2cc(Cl)ccc2[N+](=O)[O-])CC1. The third-order valence-corrected chi connectivity index (χ3v) is 3.70. The van der Waals surface area contributed by atoms with Crippen molar-refractivity contribution in [2.75, 3.05) is 18.4 Å². The first kappa shape index (κ1) is 14.6. The van der Waals surface area contributed by atoms with Crippen molar-refractivity contribution in [1.82, 2.24) is 4.90 Å². The molecule has 1 aliphatic heterocycles. The number of hydrogen-bond donors (Lipinski definition) is 1. The van der Waals surface area contributed by atoms with E-state index in [9.17, 15) is 14.9 Å². The molecule has 2 rings (SSSR count). The van der Waals surface area contributed by atoms with Crippen molar-refractivity contribution >= 4 is 29.0 Å². The molecule has 0 spiro atoms. The Morgan fingerprint density at radius 1 is 1.45 bits per heavy atom. The van der Waals surface area contributed by atoms with E-state index in [2.05, 4.69) is 12.2 Å². The van der Waals surface area contributed by atoms with Crippen molar-refractivity contribution in [2.45, 2.75) is 19.8 Å². The summed E-state index contributed by atoms with van der Waals surface area (Å²) in [5, 5.41) is 13.9. The standard InChI is InChI=1S/C13H16ClN3O3/c1-9-4-6-16(7-5-9)13(18)15-11-8-10(14)2-3-12(11)17(19)20/h2-3,8-9H,4-7H2,1H3,(H,15,18). The maximum Gasteiger partial charge on any atom is 0.322 e. The fourth-order valence-electron chi connectivity index (χ4n) is 2.17. The zero-order valence-corrected chi connectivity index (χ0v) is 11.9. The van der Waals surface area contributed by atoms with Gasteiger partial charge in [-0.2, -0.15) is 0 Å². The van der Waals surface area contributed by atoms with Gasteiger partial charge in [-0.15, -0.1) is 0 Å². The van der Waals surface area contributed by atoms with Gasteiger partial charge in [0.2, 0.25) is 0 Å². The molecular weight excluding hydrogens is 282 g/mol. The van der Waals surface area contributed by atoms with Gasteiger partial charge in [0.1, 0.15) is 5.69 Å². The quantitative estimate of drug-likeness (QED) is 0.670. The number of nitro benzene ring substituents is 1. The van der Waals surface area contributed by atoms with Gasteiger partial charge in [-0.25, -0.2) is 4.79 Å². The second kappa shape index (κ2) is 6.09. The number of likely N-dealkylation sites (tertiary alicyclic amines) is 1. The number of carbonyl (C=O) groups is 1. The molecular formula is C13H16ClN3O3. The molecule has 1 N–H and O–H groups in total. The Bertz CT molecular complexity index is 528. The third-order valence-electron chi connectivity index (χ3n) is 3.47. The normalized spacial score (nSPS) is 16.0. The zero-order valence-electron chi connectivity index (χ0n) is 11.1. The summed E-state index contributed by atoms with van der Waals surface area (Å²) in [5.41, 5.74) is -0.0285. The highest BCUT2D eigenvalue weighted by molar-refractivity contribution is 6.31. The van der Waals surface area contributed by atoms with Gasteiger partial charge in [0.05, 0.1) is 4.92 Å². The maximum atomic E-state index is 12.1. The number of urea groups is 1. The number of piperidine rings is 1. The number of nitrogens with zero attached hydrogens (tertiary/aromatic N) is 2. The molecule has 20 heavy (non-hydrogen) atoms. The zero-order chi connectivity index (χ0) is 14.7. The minimum atomic E-state index is -0.537. The van der Waals surface area contributed by atoms with E-state index >= 15 is 0 Å². The molecule has 6 nitrogen and oxygen atoms in total. The van der Waals surface area contributed by atoms with Crippen molar-refractivity contribution in [2.24, 2.45) is 5.92 Å². The molecule has 1 aliphatic rings. The van der Waals surface area contributed by atoms with E-state index in [1.807, 2.05) is 0 Å². The molecule has 0 atom stereocenters. The van der Waals surface area contributed by atoms with Gasteiger partial charge in [0, 0.05) is 24.2 Å². The lowest BCUT2D eigenvalue weighted by atomic mass is 10.00.